The third kappa shape index (κ3) is 2.68. The van der Waals surface area contributed by atoms with E-state index in [9.17, 15) is 9.59 Å². The molecule has 1 rings (SSSR count). The van der Waals surface area contributed by atoms with Crippen LogP contribution in [-0.4, -0.2) is 39.5 Å². The second kappa shape index (κ2) is 5.03. The van der Waals surface area contributed by atoms with Gasteiger partial charge in [-0.2, -0.15) is 0 Å². The molecule has 100 valence electrons. The molecule has 0 radical (unpaired) electrons. The zero-order valence-corrected chi connectivity index (χ0v) is 11.6. The molecule has 0 saturated carbocycles. The summed E-state index contributed by atoms with van der Waals surface area (Å²) < 4.78 is 0. The van der Waals surface area contributed by atoms with Crippen LogP contribution in [0.2, 0.25) is 0 Å². The Bertz CT molecular complexity index is 468. The number of rotatable bonds is 4. The molecule has 6 nitrogen and oxygen atoms in total. The number of carbonyl (C=O) groups excluding carboxylic acids is 1. The minimum Gasteiger partial charge on any atom is -0.480 e. The highest BCUT2D eigenvalue weighted by Crippen LogP contribution is 2.20. The molecule has 1 aromatic heterocycles. The van der Waals surface area contributed by atoms with Gasteiger partial charge in [-0.1, -0.05) is 0 Å². The number of hydrogen-bond acceptors (Lipinski definition) is 5. The van der Waals surface area contributed by atoms with E-state index in [0.29, 0.717) is 5.01 Å². The summed E-state index contributed by atoms with van der Waals surface area (Å²) in [5, 5.41) is 11.3. The number of carbonyl (C=O) groups is 2. The fraction of sp³-hybridized carbons (Fsp3) is 0.545. The molecule has 1 unspecified atom stereocenters. The van der Waals surface area contributed by atoms with Crippen LogP contribution in [0.25, 0.3) is 0 Å². The number of nitrogens with two attached hydrogens (primary N) is 1. The van der Waals surface area contributed by atoms with Gasteiger partial charge >= 0.3 is 5.97 Å². The fourth-order valence-corrected chi connectivity index (χ4v) is 1.92. The molecule has 0 bridgehead atoms. The van der Waals surface area contributed by atoms with E-state index in [2.05, 4.69) is 4.98 Å². The van der Waals surface area contributed by atoms with Crippen molar-refractivity contribution in [2.24, 2.45) is 5.73 Å². The number of nitrogens with zero attached hydrogens (tertiary/aromatic N) is 2. The Morgan fingerprint density at radius 1 is 1.56 bits per heavy atom. The molecule has 0 aromatic carbocycles. The van der Waals surface area contributed by atoms with Gasteiger partial charge in [0.25, 0.3) is 5.91 Å². The predicted molar refractivity (Wildman–Crippen MR) is 68.5 cm³/mol. The number of amides is 1. The highest BCUT2D eigenvalue weighted by Gasteiger charge is 2.36. The van der Waals surface area contributed by atoms with Crippen molar-refractivity contribution < 1.29 is 14.7 Å². The molecule has 1 amide bonds. The molecule has 1 heterocycles. The number of aliphatic carboxylic acids is 1. The quantitative estimate of drug-likeness (QED) is 0.854. The second-order valence-electron chi connectivity index (χ2n) is 4.59. The maximum absolute atomic E-state index is 12.1. The van der Waals surface area contributed by atoms with Crippen molar-refractivity contribution in [2.45, 2.75) is 32.4 Å². The predicted octanol–water partition coefficient (Wildman–Crippen LogP) is 1.10. The van der Waals surface area contributed by atoms with Gasteiger partial charge in [-0.05, 0) is 20.8 Å². The molecule has 1 aromatic rings. The van der Waals surface area contributed by atoms with Gasteiger partial charge in [0.15, 0.2) is 0 Å². The zero-order valence-electron chi connectivity index (χ0n) is 10.8. The van der Waals surface area contributed by atoms with Crippen molar-refractivity contribution in [3.63, 3.8) is 0 Å². The van der Waals surface area contributed by atoms with Crippen LogP contribution >= 0.6 is 11.3 Å². The van der Waals surface area contributed by atoms with Gasteiger partial charge < -0.3 is 15.7 Å². The third-order valence-corrected chi connectivity index (χ3v) is 3.84. The van der Waals surface area contributed by atoms with Crippen molar-refractivity contribution in [1.29, 1.82) is 0 Å². The lowest BCUT2D eigenvalue weighted by molar-refractivity contribution is -0.147. The molecule has 0 aliphatic carbocycles. The minimum atomic E-state index is -1.28. The lowest BCUT2D eigenvalue weighted by atomic mass is 10.0. The summed E-state index contributed by atoms with van der Waals surface area (Å²) >= 11 is 1.29. The van der Waals surface area contributed by atoms with Gasteiger partial charge in [-0.3, -0.25) is 4.79 Å². The number of carboxylic acid groups (broad SMARTS) is 1. The molecule has 0 aliphatic rings. The number of likely N-dealkylation sites (N-methyl/N-ethyl adjacent to an activating group) is 1. The third-order valence-electron chi connectivity index (χ3n) is 2.80. The molecule has 0 saturated heterocycles. The normalized spacial score (nSPS) is 13.2. The van der Waals surface area contributed by atoms with Gasteiger partial charge in [0.1, 0.15) is 16.2 Å². The van der Waals surface area contributed by atoms with Crippen LogP contribution in [0.4, 0.5) is 0 Å². The number of hydrogen-bond donors (Lipinski definition) is 2. The average molecular weight is 271 g/mol. The van der Waals surface area contributed by atoms with Crippen LogP contribution in [-0.2, 0) is 4.79 Å². The van der Waals surface area contributed by atoms with Crippen molar-refractivity contribution in [2.75, 3.05) is 7.05 Å². The summed E-state index contributed by atoms with van der Waals surface area (Å²) in [4.78, 5) is 28.5. The maximum atomic E-state index is 12.1. The molecular weight excluding hydrogens is 254 g/mol. The first-order valence-electron chi connectivity index (χ1n) is 5.40. The van der Waals surface area contributed by atoms with Crippen molar-refractivity contribution in [3.8, 4) is 0 Å². The first-order valence-corrected chi connectivity index (χ1v) is 6.28. The Labute approximate surface area is 109 Å². The first-order chi connectivity index (χ1) is 8.17. The lowest BCUT2D eigenvalue weighted by Gasteiger charge is -2.30. The molecule has 1 atom stereocenters. The minimum absolute atomic E-state index is 0.226. The monoisotopic (exact) mass is 271 g/mol. The first kappa shape index (κ1) is 14.6. The Hall–Kier alpha value is -1.47. The zero-order chi connectivity index (χ0) is 14.1. The van der Waals surface area contributed by atoms with Gasteiger partial charge in [-0.25, -0.2) is 9.78 Å². The van der Waals surface area contributed by atoms with Gasteiger partial charge in [0.2, 0.25) is 0 Å². The van der Waals surface area contributed by atoms with E-state index in [1.54, 1.807) is 12.3 Å². The summed E-state index contributed by atoms with van der Waals surface area (Å²) in [7, 11) is 1.45. The standard InChI is InChI=1S/C11H17N3O3S/c1-6(12)8-13-7(5-18-8)9(15)14(4)11(2,3)10(16)17/h5-6H,12H2,1-4H3,(H,16,17). The Morgan fingerprint density at radius 3 is 2.50 bits per heavy atom. The van der Waals surface area contributed by atoms with Crippen molar-refractivity contribution in [3.05, 3.63) is 16.1 Å². The molecule has 0 spiro atoms. The lowest BCUT2D eigenvalue weighted by Crippen LogP contribution is -2.50. The van der Waals surface area contributed by atoms with Gasteiger partial charge in [0.05, 0.1) is 6.04 Å². The number of thiazole rings is 1. The number of aromatic nitrogens is 1. The molecular formula is C11H17N3O3S. The van der Waals surface area contributed by atoms with E-state index in [0.717, 1.165) is 4.90 Å². The molecule has 3 N–H and O–H groups in total. The van der Waals surface area contributed by atoms with Crippen LogP contribution in [0.5, 0.6) is 0 Å². The highest BCUT2D eigenvalue weighted by atomic mass is 32.1. The van der Waals surface area contributed by atoms with E-state index < -0.39 is 17.4 Å². The van der Waals surface area contributed by atoms with E-state index >= 15 is 0 Å². The SMILES string of the molecule is CC(N)c1nc(C(=O)N(C)C(C)(C)C(=O)O)cs1. The van der Waals surface area contributed by atoms with Crippen molar-refractivity contribution >= 4 is 23.2 Å². The smallest absolute Gasteiger partial charge is 0.329 e. The summed E-state index contributed by atoms with van der Waals surface area (Å²) in [6.07, 6.45) is 0. The fourth-order valence-electron chi connectivity index (χ4n) is 1.16. The van der Waals surface area contributed by atoms with E-state index in [4.69, 9.17) is 10.8 Å². The van der Waals surface area contributed by atoms with Gasteiger partial charge in [0, 0.05) is 12.4 Å². The van der Waals surface area contributed by atoms with E-state index in [1.807, 2.05) is 0 Å². The average Bonchev–Trinajstić information content (AvgIpc) is 2.76. The van der Waals surface area contributed by atoms with Crippen LogP contribution in [0.3, 0.4) is 0 Å². The van der Waals surface area contributed by atoms with Gasteiger partial charge in [-0.15, -0.1) is 11.3 Å². The maximum Gasteiger partial charge on any atom is 0.329 e. The Kier molecular flexibility index (Phi) is 4.08. The number of carboxylic acids is 1. The Morgan fingerprint density at radius 2 is 2.11 bits per heavy atom. The molecule has 7 heteroatoms. The molecule has 0 fully saturated rings. The van der Waals surface area contributed by atoms with E-state index in [-0.39, 0.29) is 11.7 Å². The van der Waals surface area contributed by atoms with Crippen LogP contribution in [0.15, 0.2) is 5.38 Å². The topological polar surface area (TPSA) is 96.5 Å². The van der Waals surface area contributed by atoms with E-state index in [1.165, 1.54) is 32.2 Å². The summed E-state index contributed by atoms with van der Waals surface area (Å²) in [5.41, 5.74) is 4.61. The van der Waals surface area contributed by atoms with Crippen molar-refractivity contribution in [1.82, 2.24) is 9.88 Å². The van der Waals surface area contributed by atoms with Crippen LogP contribution < -0.4 is 5.73 Å². The Balaban J connectivity index is 2.96. The van der Waals surface area contributed by atoms with Crippen LogP contribution in [0.1, 0.15) is 42.3 Å². The molecule has 18 heavy (non-hydrogen) atoms. The summed E-state index contributed by atoms with van der Waals surface area (Å²) in [6, 6.07) is -0.241. The summed E-state index contributed by atoms with van der Waals surface area (Å²) in [6.45, 7) is 4.70. The highest BCUT2D eigenvalue weighted by molar-refractivity contribution is 7.09. The summed E-state index contributed by atoms with van der Waals surface area (Å²) in [5.74, 6) is -1.49. The molecule has 0 aliphatic heterocycles. The van der Waals surface area contributed by atoms with Crippen LogP contribution in [0, 0.1) is 0 Å². The largest absolute Gasteiger partial charge is 0.480 e. The second-order valence-corrected chi connectivity index (χ2v) is 5.48.